The van der Waals surface area contributed by atoms with Gasteiger partial charge in [-0.15, -0.1) is 0 Å². The Kier molecular flexibility index (Phi) is 4.22. The van der Waals surface area contributed by atoms with Gasteiger partial charge in [-0.3, -0.25) is 4.79 Å². The Morgan fingerprint density at radius 1 is 1.14 bits per heavy atom. The van der Waals surface area contributed by atoms with E-state index in [1.165, 1.54) is 0 Å². The minimum atomic E-state index is -0.571. The molecule has 2 rings (SSSR count). The first kappa shape index (κ1) is 17.1. The predicted molar refractivity (Wildman–Crippen MR) is 85.4 cm³/mol. The lowest BCUT2D eigenvalue weighted by molar-refractivity contribution is -0.137. The molecule has 2 unspecified atom stereocenters. The lowest BCUT2D eigenvalue weighted by Crippen LogP contribution is -2.56. The molecule has 126 valence electrons. The van der Waals surface area contributed by atoms with E-state index in [0.717, 1.165) is 12.8 Å². The van der Waals surface area contributed by atoms with Gasteiger partial charge in [0, 0.05) is 12.1 Å². The Hall–Kier alpha value is -1.26. The molecule has 1 aliphatic heterocycles. The number of ether oxygens (including phenoxy) is 1. The monoisotopic (exact) mass is 310 g/mol. The van der Waals surface area contributed by atoms with Gasteiger partial charge in [-0.2, -0.15) is 0 Å². The minimum absolute atomic E-state index is 0.0239. The summed E-state index contributed by atoms with van der Waals surface area (Å²) in [6.07, 6.45) is 1.67. The fourth-order valence-electron chi connectivity index (χ4n) is 3.31. The van der Waals surface area contributed by atoms with E-state index in [-0.39, 0.29) is 17.4 Å². The first-order valence-electron chi connectivity index (χ1n) is 8.22. The van der Waals surface area contributed by atoms with E-state index in [4.69, 9.17) is 4.74 Å². The van der Waals surface area contributed by atoms with Crippen LogP contribution in [0.15, 0.2) is 0 Å². The number of fused-ring (bicyclic) bond motifs is 1. The summed E-state index contributed by atoms with van der Waals surface area (Å²) in [5.74, 6) is 0.692. The average molecular weight is 310 g/mol. The smallest absolute Gasteiger partial charge is 0.408 e. The zero-order valence-corrected chi connectivity index (χ0v) is 14.9. The van der Waals surface area contributed by atoms with Crippen LogP contribution >= 0.6 is 0 Å². The maximum Gasteiger partial charge on any atom is 0.408 e. The largest absolute Gasteiger partial charge is 0.444 e. The van der Waals surface area contributed by atoms with E-state index in [1.54, 1.807) is 0 Å². The molecule has 1 saturated carbocycles. The van der Waals surface area contributed by atoms with Crippen LogP contribution in [0.5, 0.6) is 0 Å². The highest BCUT2D eigenvalue weighted by Crippen LogP contribution is 2.48. The molecule has 0 radical (unpaired) electrons. The zero-order valence-electron chi connectivity index (χ0n) is 14.9. The number of hydrogen-bond donors (Lipinski definition) is 1. The molecule has 0 spiro atoms. The fraction of sp³-hybridized carbons (Fsp3) is 0.882. The Balaban J connectivity index is 2.10. The van der Waals surface area contributed by atoms with Gasteiger partial charge in [-0.1, -0.05) is 20.8 Å². The maximum atomic E-state index is 13.0. The molecule has 4 atom stereocenters. The first-order valence-corrected chi connectivity index (χ1v) is 8.22. The van der Waals surface area contributed by atoms with Crippen molar-refractivity contribution in [2.45, 2.75) is 85.0 Å². The summed E-state index contributed by atoms with van der Waals surface area (Å²) in [6.45, 7) is 13.5. The SMILES string of the molecule is C[C@@H]1CC2C[C@@H]2N1C(=O)C(NC(=O)OC(C)(C)C)C(C)(C)C. The summed E-state index contributed by atoms with van der Waals surface area (Å²) in [6, 6.07) is 0.0819. The summed E-state index contributed by atoms with van der Waals surface area (Å²) in [5.41, 5.74) is -0.932. The molecule has 1 aliphatic carbocycles. The van der Waals surface area contributed by atoms with E-state index in [1.807, 2.05) is 46.4 Å². The van der Waals surface area contributed by atoms with Crippen LogP contribution in [0.2, 0.25) is 0 Å². The number of carbonyl (C=O) groups is 2. The molecular formula is C17H30N2O3. The van der Waals surface area contributed by atoms with Crippen molar-refractivity contribution in [3.63, 3.8) is 0 Å². The van der Waals surface area contributed by atoms with E-state index in [9.17, 15) is 9.59 Å². The van der Waals surface area contributed by atoms with Crippen LogP contribution in [0.4, 0.5) is 4.79 Å². The standard InChI is InChI=1S/C17H30N2O3/c1-10-8-11-9-12(11)19(10)14(20)13(16(2,3)4)18-15(21)22-17(5,6)7/h10-13H,8-9H2,1-7H3,(H,18,21)/t10-,11?,12+,13?/m1/s1. The van der Waals surface area contributed by atoms with Gasteiger partial charge in [0.15, 0.2) is 0 Å². The van der Waals surface area contributed by atoms with Crippen LogP contribution < -0.4 is 5.32 Å². The molecule has 22 heavy (non-hydrogen) atoms. The Morgan fingerprint density at radius 3 is 2.14 bits per heavy atom. The predicted octanol–water partition coefficient (Wildman–Crippen LogP) is 2.94. The molecule has 5 heteroatoms. The van der Waals surface area contributed by atoms with Crippen LogP contribution in [0.25, 0.3) is 0 Å². The zero-order chi connectivity index (χ0) is 16.9. The van der Waals surface area contributed by atoms with Gasteiger partial charge in [-0.05, 0) is 51.9 Å². The second-order valence-corrected chi connectivity index (χ2v) is 8.84. The second-order valence-electron chi connectivity index (χ2n) is 8.84. The number of carbonyl (C=O) groups excluding carboxylic acids is 2. The highest BCUT2D eigenvalue weighted by atomic mass is 16.6. The normalized spacial score (nSPS) is 28.9. The summed E-state index contributed by atoms with van der Waals surface area (Å²) in [4.78, 5) is 27.1. The number of amides is 2. The van der Waals surface area contributed by atoms with Gasteiger partial charge in [0.25, 0.3) is 0 Å². The van der Waals surface area contributed by atoms with Crippen molar-refractivity contribution < 1.29 is 14.3 Å². The van der Waals surface area contributed by atoms with Crippen molar-refractivity contribution in [3.8, 4) is 0 Å². The third-order valence-corrected chi connectivity index (χ3v) is 4.39. The maximum absolute atomic E-state index is 13.0. The van der Waals surface area contributed by atoms with Gasteiger partial charge >= 0.3 is 6.09 Å². The number of piperidine rings is 1. The van der Waals surface area contributed by atoms with Gasteiger partial charge in [0.2, 0.25) is 5.91 Å². The Morgan fingerprint density at radius 2 is 1.73 bits per heavy atom. The summed E-state index contributed by atoms with van der Waals surface area (Å²) in [5, 5.41) is 2.80. The van der Waals surface area contributed by atoms with Crippen molar-refractivity contribution in [2.75, 3.05) is 0 Å². The van der Waals surface area contributed by atoms with E-state index in [0.29, 0.717) is 12.0 Å². The molecule has 5 nitrogen and oxygen atoms in total. The number of rotatable bonds is 2. The van der Waals surface area contributed by atoms with E-state index < -0.39 is 17.7 Å². The molecule has 0 aromatic carbocycles. The third-order valence-electron chi connectivity index (χ3n) is 4.39. The van der Waals surface area contributed by atoms with Crippen molar-refractivity contribution in [1.29, 1.82) is 0 Å². The molecule has 1 saturated heterocycles. The highest BCUT2D eigenvalue weighted by Gasteiger charge is 2.54. The molecule has 2 aliphatic rings. The molecule has 0 bridgehead atoms. The quantitative estimate of drug-likeness (QED) is 0.853. The number of nitrogens with one attached hydrogen (secondary N) is 1. The molecular weight excluding hydrogens is 280 g/mol. The minimum Gasteiger partial charge on any atom is -0.444 e. The van der Waals surface area contributed by atoms with Crippen LogP contribution in [-0.2, 0) is 9.53 Å². The molecule has 1 heterocycles. The van der Waals surface area contributed by atoms with Gasteiger partial charge in [0.1, 0.15) is 11.6 Å². The number of hydrogen-bond acceptors (Lipinski definition) is 3. The van der Waals surface area contributed by atoms with Crippen LogP contribution in [-0.4, -0.2) is 40.6 Å². The second kappa shape index (κ2) is 5.43. The summed E-state index contributed by atoms with van der Waals surface area (Å²) < 4.78 is 5.32. The van der Waals surface area contributed by atoms with Gasteiger partial charge in [-0.25, -0.2) is 4.79 Å². The Bertz CT molecular complexity index is 460. The summed E-state index contributed by atoms with van der Waals surface area (Å²) in [7, 11) is 0. The van der Waals surface area contributed by atoms with Crippen LogP contribution in [0.3, 0.4) is 0 Å². The van der Waals surface area contributed by atoms with Crippen molar-refractivity contribution in [1.82, 2.24) is 10.2 Å². The van der Waals surface area contributed by atoms with Crippen molar-refractivity contribution >= 4 is 12.0 Å². The van der Waals surface area contributed by atoms with Crippen LogP contribution in [0, 0.1) is 11.3 Å². The highest BCUT2D eigenvalue weighted by molar-refractivity contribution is 5.87. The molecule has 0 aromatic rings. The summed E-state index contributed by atoms with van der Waals surface area (Å²) >= 11 is 0. The number of likely N-dealkylation sites (tertiary alicyclic amines) is 1. The van der Waals surface area contributed by atoms with Crippen molar-refractivity contribution in [3.05, 3.63) is 0 Å². The van der Waals surface area contributed by atoms with E-state index >= 15 is 0 Å². The topological polar surface area (TPSA) is 58.6 Å². The lowest BCUT2D eigenvalue weighted by atomic mass is 9.85. The molecule has 2 fully saturated rings. The molecule has 0 aromatic heterocycles. The lowest BCUT2D eigenvalue weighted by Gasteiger charge is -2.36. The van der Waals surface area contributed by atoms with Gasteiger partial charge < -0.3 is 15.0 Å². The van der Waals surface area contributed by atoms with Crippen molar-refractivity contribution in [2.24, 2.45) is 11.3 Å². The Labute approximate surface area is 133 Å². The van der Waals surface area contributed by atoms with Gasteiger partial charge in [0.05, 0.1) is 0 Å². The molecule has 1 N–H and O–H groups in total. The fourth-order valence-corrected chi connectivity index (χ4v) is 3.31. The molecule has 2 amide bonds. The average Bonchev–Trinajstić information content (AvgIpc) is 2.94. The van der Waals surface area contributed by atoms with E-state index in [2.05, 4.69) is 12.2 Å². The van der Waals surface area contributed by atoms with Crippen LogP contribution in [0.1, 0.15) is 61.3 Å². The number of nitrogens with zero attached hydrogens (tertiary/aromatic N) is 1. The number of alkyl carbamates (subject to hydrolysis) is 1. The third kappa shape index (κ3) is 3.73. The first-order chi connectivity index (χ1) is 9.90.